The Labute approximate surface area is 197 Å². The third kappa shape index (κ3) is 4.41. The normalized spacial score (nSPS) is 19.7. The Hall–Kier alpha value is -3.08. The van der Waals surface area contributed by atoms with Gasteiger partial charge in [0.25, 0.3) is 11.5 Å². The molecule has 0 spiro atoms. The van der Waals surface area contributed by atoms with Crippen LogP contribution in [0.3, 0.4) is 0 Å². The van der Waals surface area contributed by atoms with Crippen molar-refractivity contribution in [1.29, 1.82) is 0 Å². The number of pyridine rings is 1. The number of rotatable bonds is 5. The predicted molar refractivity (Wildman–Crippen MR) is 127 cm³/mol. The average Bonchev–Trinajstić information content (AvgIpc) is 3.42. The topological polar surface area (TPSA) is 73.1 Å². The Balaban J connectivity index is 1.54. The average molecular weight is 484 g/mol. The standard InChI is InChI=1S/C23H18FN3O4S2/c24-14-6-8-15(9-7-14)31-20-17(21(28)26-10-2-1-5-19(26)25-20)12-18-22(29)27(23(32)33-18)13-16-4-3-11-30-16/h1-2,5-10,12,16H,3-4,11,13H2/b18-12+. The fourth-order valence-electron chi connectivity index (χ4n) is 3.68. The summed E-state index contributed by atoms with van der Waals surface area (Å²) in [6, 6.07) is 10.5. The number of halogens is 1. The van der Waals surface area contributed by atoms with Gasteiger partial charge in [0.2, 0.25) is 5.88 Å². The molecule has 33 heavy (non-hydrogen) atoms. The molecule has 1 aromatic carbocycles. The van der Waals surface area contributed by atoms with Crippen molar-refractivity contribution < 1.29 is 18.7 Å². The molecule has 0 saturated carbocycles. The number of benzene rings is 1. The summed E-state index contributed by atoms with van der Waals surface area (Å²) in [7, 11) is 0. The van der Waals surface area contributed by atoms with Crippen molar-refractivity contribution in [3.05, 3.63) is 75.3 Å². The molecule has 5 rings (SSSR count). The van der Waals surface area contributed by atoms with E-state index in [0.29, 0.717) is 33.8 Å². The van der Waals surface area contributed by atoms with Crippen LogP contribution in [0.15, 0.2) is 58.4 Å². The van der Waals surface area contributed by atoms with E-state index in [9.17, 15) is 14.0 Å². The number of fused-ring (bicyclic) bond motifs is 1. The first kappa shape index (κ1) is 21.7. The SMILES string of the molecule is O=C1/C(=C\c2c(Oc3ccc(F)cc3)nc3ccccn3c2=O)SC(=S)N1CC1CCCO1. The van der Waals surface area contributed by atoms with E-state index in [1.54, 1.807) is 24.4 Å². The van der Waals surface area contributed by atoms with Crippen LogP contribution in [-0.2, 0) is 9.53 Å². The highest BCUT2D eigenvalue weighted by molar-refractivity contribution is 8.26. The van der Waals surface area contributed by atoms with E-state index >= 15 is 0 Å². The van der Waals surface area contributed by atoms with Crippen LogP contribution in [0.25, 0.3) is 11.7 Å². The van der Waals surface area contributed by atoms with Gasteiger partial charge < -0.3 is 9.47 Å². The highest BCUT2D eigenvalue weighted by atomic mass is 32.2. The molecule has 2 aromatic heterocycles. The maximum Gasteiger partial charge on any atom is 0.269 e. The molecule has 0 radical (unpaired) electrons. The van der Waals surface area contributed by atoms with Gasteiger partial charge in [0.1, 0.15) is 27.1 Å². The molecule has 1 amide bonds. The second-order valence-corrected chi connectivity index (χ2v) is 9.22. The Morgan fingerprint density at radius 1 is 1.24 bits per heavy atom. The molecule has 10 heteroatoms. The van der Waals surface area contributed by atoms with Crippen LogP contribution in [0.4, 0.5) is 4.39 Å². The minimum Gasteiger partial charge on any atom is -0.438 e. The van der Waals surface area contributed by atoms with Gasteiger partial charge in [-0.05, 0) is 55.3 Å². The van der Waals surface area contributed by atoms with Gasteiger partial charge in [0.15, 0.2) is 0 Å². The lowest BCUT2D eigenvalue weighted by Crippen LogP contribution is -2.35. The summed E-state index contributed by atoms with van der Waals surface area (Å²) in [5.74, 6) is -0.374. The van der Waals surface area contributed by atoms with E-state index in [1.807, 2.05) is 0 Å². The van der Waals surface area contributed by atoms with E-state index < -0.39 is 11.4 Å². The van der Waals surface area contributed by atoms with Crippen molar-refractivity contribution in [2.75, 3.05) is 13.2 Å². The highest BCUT2D eigenvalue weighted by Crippen LogP contribution is 2.35. The van der Waals surface area contributed by atoms with Gasteiger partial charge in [-0.25, -0.2) is 4.39 Å². The summed E-state index contributed by atoms with van der Waals surface area (Å²) in [6.07, 6.45) is 4.84. The Bertz CT molecular complexity index is 1330. The first-order valence-corrected chi connectivity index (χ1v) is 11.5. The maximum atomic E-state index is 13.3. The zero-order valence-electron chi connectivity index (χ0n) is 17.3. The fourth-order valence-corrected chi connectivity index (χ4v) is 4.94. The van der Waals surface area contributed by atoms with Crippen molar-refractivity contribution in [2.45, 2.75) is 18.9 Å². The Morgan fingerprint density at radius 3 is 2.82 bits per heavy atom. The third-order valence-electron chi connectivity index (χ3n) is 5.32. The number of carbonyl (C=O) groups excluding carboxylic acids is 1. The molecule has 7 nitrogen and oxygen atoms in total. The fraction of sp³-hybridized carbons (Fsp3) is 0.217. The molecular formula is C23H18FN3O4S2. The molecule has 2 fully saturated rings. The molecule has 0 bridgehead atoms. The minimum absolute atomic E-state index is 0.0159. The summed E-state index contributed by atoms with van der Waals surface area (Å²) in [5.41, 5.74) is 0.0745. The van der Waals surface area contributed by atoms with Crippen LogP contribution in [-0.4, -0.2) is 43.8 Å². The maximum absolute atomic E-state index is 13.3. The zero-order chi connectivity index (χ0) is 22.9. The minimum atomic E-state index is -0.413. The van der Waals surface area contributed by atoms with Gasteiger partial charge in [-0.2, -0.15) is 4.98 Å². The second kappa shape index (κ2) is 9.05. The number of thioether (sulfide) groups is 1. The lowest BCUT2D eigenvalue weighted by atomic mass is 10.2. The molecule has 1 unspecified atom stereocenters. The number of thiocarbonyl (C=S) groups is 1. The van der Waals surface area contributed by atoms with Gasteiger partial charge in [-0.1, -0.05) is 30.0 Å². The molecular weight excluding hydrogens is 465 g/mol. The molecule has 0 aliphatic carbocycles. The van der Waals surface area contributed by atoms with Crippen molar-refractivity contribution in [1.82, 2.24) is 14.3 Å². The van der Waals surface area contributed by atoms with Crippen LogP contribution in [0.5, 0.6) is 11.6 Å². The Kier molecular flexibility index (Phi) is 5.96. The van der Waals surface area contributed by atoms with E-state index in [1.165, 1.54) is 39.6 Å². The largest absolute Gasteiger partial charge is 0.438 e. The van der Waals surface area contributed by atoms with Crippen LogP contribution >= 0.6 is 24.0 Å². The second-order valence-electron chi connectivity index (χ2n) is 7.55. The molecule has 4 heterocycles. The van der Waals surface area contributed by atoms with E-state index in [-0.39, 0.29) is 23.5 Å². The van der Waals surface area contributed by atoms with Crippen molar-refractivity contribution >= 4 is 45.9 Å². The highest BCUT2D eigenvalue weighted by Gasteiger charge is 2.35. The number of nitrogens with zero attached hydrogens (tertiary/aromatic N) is 3. The molecule has 2 saturated heterocycles. The van der Waals surface area contributed by atoms with Crippen molar-refractivity contribution in [3.63, 3.8) is 0 Å². The summed E-state index contributed by atoms with van der Waals surface area (Å²) in [5, 5.41) is 0. The lowest BCUT2D eigenvalue weighted by Gasteiger charge is -2.18. The van der Waals surface area contributed by atoms with E-state index in [0.717, 1.165) is 24.6 Å². The third-order valence-corrected chi connectivity index (χ3v) is 6.70. The molecule has 1 atom stereocenters. The van der Waals surface area contributed by atoms with Crippen LogP contribution in [0.2, 0.25) is 0 Å². The van der Waals surface area contributed by atoms with Gasteiger partial charge in [0, 0.05) is 12.8 Å². The first-order chi connectivity index (χ1) is 16.0. The summed E-state index contributed by atoms with van der Waals surface area (Å²) in [4.78, 5) is 32.6. The lowest BCUT2D eigenvalue weighted by molar-refractivity contribution is -0.123. The number of ether oxygens (including phenoxy) is 2. The molecule has 2 aliphatic rings. The zero-order valence-corrected chi connectivity index (χ0v) is 18.9. The van der Waals surface area contributed by atoms with Crippen molar-refractivity contribution in [2.24, 2.45) is 0 Å². The van der Waals surface area contributed by atoms with Crippen LogP contribution in [0.1, 0.15) is 18.4 Å². The molecule has 3 aromatic rings. The van der Waals surface area contributed by atoms with Crippen LogP contribution in [0, 0.1) is 5.82 Å². The number of carbonyl (C=O) groups is 1. The van der Waals surface area contributed by atoms with Gasteiger partial charge in [0.05, 0.1) is 17.6 Å². The molecule has 168 valence electrons. The number of hydrogen-bond acceptors (Lipinski definition) is 7. The smallest absolute Gasteiger partial charge is 0.269 e. The van der Waals surface area contributed by atoms with Gasteiger partial charge in [-0.15, -0.1) is 0 Å². The van der Waals surface area contributed by atoms with Gasteiger partial charge in [-0.3, -0.25) is 18.9 Å². The quantitative estimate of drug-likeness (QED) is 0.401. The molecule has 2 aliphatic heterocycles. The van der Waals surface area contributed by atoms with Gasteiger partial charge >= 0.3 is 0 Å². The summed E-state index contributed by atoms with van der Waals surface area (Å²) in [6.45, 7) is 1.06. The number of amides is 1. The number of hydrogen-bond donors (Lipinski definition) is 0. The van der Waals surface area contributed by atoms with Crippen molar-refractivity contribution in [3.8, 4) is 11.6 Å². The monoisotopic (exact) mass is 483 g/mol. The van der Waals surface area contributed by atoms with E-state index in [2.05, 4.69) is 4.98 Å². The predicted octanol–water partition coefficient (Wildman–Crippen LogP) is 4.01. The summed E-state index contributed by atoms with van der Waals surface area (Å²) < 4.78 is 26.6. The number of aromatic nitrogens is 2. The molecule has 0 N–H and O–H groups in total. The van der Waals surface area contributed by atoms with E-state index in [4.69, 9.17) is 21.7 Å². The first-order valence-electron chi connectivity index (χ1n) is 10.3. The Morgan fingerprint density at radius 2 is 2.06 bits per heavy atom. The summed E-state index contributed by atoms with van der Waals surface area (Å²) >= 11 is 6.53. The van der Waals surface area contributed by atoms with Crippen LogP contribution < -0.4 is 10.3 Å².